The Morgan fingerprint density at radius 3 is 1.24 bits per heavy atom. The lowest BCUT2D eigenvalue weighted by atomic mass is 10.6. The zero-order valence-electron chi connectivity index (χ0n) is 11.5. The first kappa shape index (κ1) is 25.9. The van der Waals surface area contributed by atoms with E-state index in [2.05, 4.69) is 19.9 Å². The third-order valence-electron chi connectivity index (χ3n) is 1.23. The first-order valence-electron chi connectivity index (χ1n) is 5.09. The number of nitrogens with one attached hydrogen (secondary N) is 2. The van der Waals surface area contributed by atoms with Gasteiger partial charge in [0.25, 0.3) is 5.56 Å². The molecule has 0 fully saturated rings. The fourth-order valence-electron chi connectivity index (χ4n) is 0.776. The van der Waals surface area contributed by atoms with Crippen LogP contribution in [0.3, 0.4) is 0 Å². The largest absolute Gasteiger partial charge is 0.466 e. The van der Waals surface area contributed by atoms with Gasteiger partial charge < -0.3 is 54.0 Å². The highest BCUT2D eigenvalue weighted by Crippen LogP contribution is 2.26. The van der Waals surface area contributed by atoms with E-state index in [1.165, 1.54) is 12.7 Å². The van der Waals surface area contributed by atoms with Crippen LogP contribution in [0.1, 0.15) is 0 Å². The van der Waals surface area contributed by atoms with Crippen LogP contribution < -0.4 is 5.56 Å². The van der Waals surface area contributed by atoms with Crippen molar-refractivity contribution in [2.75, 3.05) is 0 Å². The van der Waals surface area contributed by atoms with Gasteiger partial charge in [0.05, 0.1) is 12.7 Å². The van der Waals surface area contributed by atoms with Gasteiger partial charge >= 0.3 is 23.5 Å². The summed E-state index contributed by atoms with van der Waals surface area (Å²) in [6, 6.07) is 0. The third-order valence-corrected chi connectivity index (χ3v) is 1.23. The molecular formula is C5H13N4O13P3. The normalized spacial score (nSPS) is 11.2. The molecule has 25 heavy (non-hydrogen) atoms. The van der Waals surface area contributed by atoms with Crippen molar-refractivity contribution >= 4 is 34.6 Å². The first-order chi connectivity index (χ1) is 10.9. The minimum Gasteiger partial charge on any atom is -0.339 e. The van der Waals surface area contributed by atoms with Crippen LogP contribution in [0.5, 0.6) is 0 Å². The topological polar surface area (TPSA) is 308 Å². The number of hydrogen-bond acceptors (Lipinski definition) is 6. The van der Waals surface area contributed by atoms with Gasteiger partial charge in [0, 0.05) is 0 Å². The lowest BCUT2D eigenvalue weighted by Gasteiger charge is -1.82. The lowest BCUT2D eigenvalue weighted by molar-refractivity contribution is 0.272. The fraction of sp³-hybridized carbons (Fsp3) is 0. The Labute approximate surface area is 136 Å². The minimum atomic E-state index is -4.64. The predicted molar refractivity (Wildman–Crippen MR) is 77.3 cm³/mol. The van der Waals surface area contributed by atoms with E-state index < -0.39 is 23.5 Å². The van der Waals surface area contributed by atoms with Crippen LogP contribution in [0.15, 0.2) is 17.4 Å². The highest BCUT2D eigenvalue weighted by molar-refractivity contribution is 7.45. The predicted octanol–water partition coefficient (Wildman–Crippen LogP) is -3.14. The molecule has 20 heteroatoms. The van der Waals surface area contributed by atoms with E-state index in [-0.39, 0.29) is 5.56 Å². The van der Waals surface area contributed by atoms with E-state index in [9.17, 15) is 4.79 Å². The summed E-state index contributed by atoms with van der Waals surface area (Å²) in [6.45, 7) is 0. The molecule has 0 amide bonds. The molecule has 0 atom stereocenters. The molecule has 0 spiro atoms. The molecule has 2 rings (SSSR count). The van der Waals surface area contributed by atoms with Gasteiger partial charge in [0.2, 0.25) is 0 Å². The van der Waals surface area contributed by atoms with Gasteiger partial charge in [-0.1, -0.05) is 0 Å². The zero-order valence-corrected chi connectivity index (χ0v) is 14.2. The molecule has 2 aromatic heterocycles. The maximum absolute atomic E-state index is 10.9. The van der Waals surface area contributed by atoms with Crippen LogP contribution in [0.2, 0.25) is 0 Å². The van der Waals surface area contributed by atoms with Crippen LogP contribution in [-0.4, -0.2) is 64.0 Å². The van der Waals surface area contributed by atoms with Crippen molar-refractivity contribution in [3.05, 3.63) is 23.0 Å². The van der Waals surface area contributed by atoms with Crippen molar-refractivity contribution in [2.24, 2.45) is 0 Å². The molecule has 0 saturated heterocycles. The Morgan fingerprint density at radius 1 is 0.680 bits per heavy atom. The Morgan fingerprint density at radius 2 is 0.960 bits per heavy atom. The number of fused-ring (bicyclic) bond motifs is 1. The summed E-state index contributed by atoms with van der Waals surface area (Å²) in [6.07, 6.45) is 2.76. The lowest BCUT2D eigenvalue weighted by Crippen LogP contribution is -2.05. The van der Waals surface area contributed by atoms with Crippen LogP contribution in [0.4, 0.5) is 0 Å². The number of hydrogen-bond donors (Lipinski definition) is 11. The zero-order chi connectivity index (χ0) is 20.5. The van der Waals surface area contributed by atoms with Crippen molar-refractivity contribution in [2.45, 2.75) is 0 Å². The molecule has 17 nitrogen and oxygen atoms in total. The number of imidazole rings is 1. The summed E-state index contributed by atoms with van der Waals surface area (Å²) in [7, 11) is -13.9. The van der Waals surface area contributed by atoms with Gasteiger partial charge in [-0.25, -0.2) is 23.7 Å². The molecule has 0 aromatic carbocycles. The molecule has 0 saturated carbocycles. The maximum Gasteiger partial charge on any atom is 0.466 e. The number of aromatic amines is 2. The molecule has 0 aliphatic rings. The van der Waals surface area contributed by atoms with E-state index in [1.54, 1.807) is 0 Å². The number of aromatic nitrogens is 4. The number of nitrogens with zero attached hydrogens (tertiary/aromatic N) is 2. The van der Waals surface area contributed by atoms with Gasteiger partial charge in [-0.2, -0.15) is 0 Å². The highest BCUT2D eigenvalue weighted by atomic mass is 31.2. The number of phosphoric acid groups is 3. The summed E-state index contributed by atoms with van der Waals surface area (Å²) in [5.74, 6) is 0. The van der Waals surface area contributed by atoms with Crippen molar-refractivity contribution in [1.29, 1.82) is 0 Å². The molecule has 2 aromatic rings. The van der Waals surface area contributed by atoms with Crippen LogP contribution >= 0.6 is 23.5 Å². The summed E-state index contributed by atoms with van der Waals surface area (Å²) < 4.78 is 26.6. The van der Waals surface area contributed by atoms with E-state index in [4.69, 9.17) is 57.7 Å². The van der Waals surface area contributed by atoms with E-state index >= 15 is 0 Å². The van der Waals surface area contributed by atoms with Crippen LogP contribution in [0, 0.1) is 0 Å². The van der Waals surface area contributed by atoms with Crippen molar-refractivity contribution in [1.82, 2.24) is 19.9 Å². The Balaban J connectivity index is 0. The van der Waals surface area contributed by atoms with Gasteiger partial charge in [-0.05, 0) is 0 Å². The Kier molecular flexibility index (Phi) is 11.0. The van der Waals surface area contributed by atoms with Gasteiger partial charge in [0.1, 0.15) is 0 Å². The van der Waals surface area contributed by atoms with Crippen molar-refractivity contribution < 1.29 is 57.7 Å². The Hall–Kier alpha value is -1.32. The number of rotatable bonds is 0. The molecule has 0 aliphatic carbocycles. The van der Waals surface area contributed by atoms with Gasteiger partial charge in [-0.15, -0.1) is 0 Å². The second-order valence-electron chi connectivity index (χ2n) is 3.37. The average molecular weight is 430 g/mol. The second kappa shape index (κ2) is 10.6. The monoisotopic (exact) mass is 430 g/mol. The quantitative estimate of drug-likeness (QED) is 0.184. The first-order valence-corrected chi connectivity index (χ1v) is 9.79. The maximum atomic E-state index is 10.9. The molecule has 0 bridgehead atoms. The summed E-state index contributed by atoms with van der Waals surface area (Å²) in [4.78, 5) is 88.3. The van der Waals surface area contributed by atoms with Crippen molar-refractivity contribution in [3.8, 4) is 0 Å². The van der Waals surface area contributed by atoms with Gasteiger partial charge in [-0.3, -0.25) is 4.79 Å². The minimum absolute atomic E-state index is 0.192. The molecule has 0 unspecified atom stereocenters. The second-order valence-corrected chi connectivity index (χ2v) is 6.45. The molecule has 146 valence electrons. The molecule has 11 N–H and O–H groups in total. The molecule has 0 aliphatic heterocycles. The van der Waals surface area contributed by atoms with Gasteiger partial charge in [0.15, 0.2) is 11.2 Å². The summed E-state index contributed by atoms with van der Waals surface area (Å²) in [5.41, 5.74) is 0.675. The summed E-state index contributed by atoms with van der Waals surface area (Å²) >= 11 is 0. The van der Waals surface area contributed by atoms with Crippen LogP contribution in [0.25, 0.3) is 11.2 Å². The third kappa shape index (κ3) is 27.8. The van der Waals surface area contributed by atoms with Crippen LogP contribution in [-0.2, 0) is 13.7 Å². The highest BCUT2D eigenvalue weighted by Gasteiger charge is 2.01. The smallest absolute Gasteiger partial charge is 0.339 e. The molecule has 2 heterocycles. The fourth-order valence-corrected chi connectivity index (χ4v) is 0.776. The van der Waals surface area contributed by atoms with E-state index in [1.807, 2.05) is 0 Å². The standard InChI is InChI=1S/C5H4N4O.3H3O4P/c10-5-3-4(7-1-6-3)8-2-9-5;3*1-5(2,3)4/h1-2H,(H2,6,7,8,9,10);3*(H3,1,2,3,4). The van der Waals surface area contributed by atoms with E-state index in [0.29, 0.717) is 11.2 Å². The number of H-pyrrole nitrogens is 2. The summed E-state index contributed by atoms with van der Waals surface area (Å²) in [5, 5.41) is 0. The Bertz CT molecular complexity index is 755. The average Bonchev–Trinajstić information content (AvgIpc) is 2.71. The van der Waals surface area contributed by atoms with E-state index in [0.717, 1.165) is 0 Å². The molecular weight excluding hydrogens is 417 g/mol. The van der Waals surface area contributed by atoms with Crippen molar-refractivity contribution in [3.63, 3.8) is 0 Å². The molecule has 0 radical (unpaired) electrons. The SMILES string of the molecule is O=P(O)(O)O.O=P(O)(O)O.O=P(O)(O)O.O=c1[nH]cnc2nc[nH]c12.